The van der Waals surface area contributed by atoms with E-state index in [2.05, 4.69) is 56.3 Å². The molecule has 0 N–H and O–H groups in total. The highest BCUT2D eigenvalue weighted by atomic mass is 19.1. The molecule has 0 saturated carbocycles. The summed E-state index contributed by atoms with van der Waals surface area (Å²) in [7, 11) is 0. The van der Waals surface area contributed by atoms with E-state index in [1.54, 1.807) is 6.07 Å². The number of aryl methyl sites for hydroxylation is 2. The van der Waals surface area contributed by atoms with E-state index in [1.165, 1.54) is 22.8 Å². The third kappa shape index (κ3) is 3.26. The van der Waals surface area contributed by atoms with Gasteiger partial charge in [-0.15, -0.1) is 0 Å². The number of hydrogen-bond donors (Lipinski definition) is 0. The standard InChI is InChI=1S/C23H23F/c1-3-9-17-14-15-20(21-12-7-8-13-23(21)24)22(16-17)19-11-6-5-10-18(19)4-2/h5-8,10-16H,3-4,9H2,1-2H3. The summed E-state index contributed by atoms with van der Waals surface area (Å²) >= 11 is 0. The number of benzene rings is 3. The van der Waals surface area contributed by atoms with Gasteiger partial charge in [0.1, 0.15) is 5.82 Å². The van der Waals surface area contributed by atoms with E-state index >= 15 is 0 Å². The average Bonchev–Trinajstić information content (AvgIpc) is 2.62. The molecule has 0 fully saturated rings. The van der Waals surface area contributed by atoms with Gasteiger partial charge in [-0.3, -0.25) is 0 Å². The molecule has 0 heterocycles. The molecule has 0 aliphatic carbocycles. The van der Waals surface area contributed by atoms with Gasteiger partial charge in [0, 0.05) is 5.56 Å². The quantitative estimate of drug-likeness (QED) is 0.492. The molecule has 0 spiro atoms. The molecule has 0 atom stereocenters. The summed E-state index contributed by atoms with van der Waals surface area (Å²) < 4.78 is 14.4. The minimum atomic E-state index is -0.170. The third-order valence-electron chi connectivity index (χ3n) is 4.48. The molecule has 0 nitrogen and oxygen atoms in total. The fourth-order valence-corrected chi connectivity index (χ4v) is 3.26. The summed E-state index contributed by atoms with van der Waals surface area (Å²) in [6.45, 7) is 4.35. The van der Waals surface area contributed by atoms with Gasteiger partial charge in [0.2, 0.25) is 0 Å². The van der Waals surface area contributed by atoms with Crippen LogP contribution in [0.3, 0.4) is 0 Å². The lowest BCUT2D eigenvalue weighted by molar-refractivity contribution is 0.631. The smallest absolute Gasteiger partial charge is 0.131 e. The number of halogens is 1. The number of rotatable bonds is 5. The summed E-state index contributed by atoms with van der Waals surface area (Å²) in [5.41, 5.74) is 6.57. The lowest BCUT2D eigenvalue weighted by Crippen LogP contribution is -1.94. The fourth-order valence-electron chi connectivity index (χ4n) is 3.26. The van der Waals surface area contributed by atoms with Crippen LogP contribution in [0.2, 0.25) is 0 Å². The van der Waals surface area contributed by atoms with E-state index in [1.807, 2.05) is 12.1 Å². The fraction of sp³-hybridized carbons (Fsp3) is 0.217. The Morgan fingerprint density at radius 1 is 0.708 bits per heavy atom. The minimum absolute atomic E-state index is 0.170. The van der Waals surface area contributed by atoms with Crippen molar-refractivity contribution in [3.05, 3.63) is 83.7 Å². The van der Waals surface area contributed by atoms with Gasteiger partial charge >= 0.3 is 0 Å². The van der Waals surface area contributed by atoms with Crippen LogP contribution in [-0.4, -0.2) is 0 Å². The van der Waals surface area contributed by atoms with Crippen molar-refractivity contribution >= 4 is 0 Å². The van der Waals surface area contributed by atoms with Crippen molar-refractivity contribution < 1.29 is 4.39 Å². The van der Waals surface area contributed by atoms with E-state index in [9.17, 15) is 4.39 Å². The molecule has 0 aliphatic rings. The van der Waals surface area contributed by atoms with E-state index in [4.69, 9.17) is 0 Å². The van der Waals surface area contributed by atoms with Gasteiger partial charge in [-0.05, 0) is 46.7 Å². The topological polar surface area (TPSA) is 0 Å². The zero-order valence-corrected chi connectivity index (χ0v) is 14.4. The van der Waals surface area contributed by atoms with Crippen molar-refractivity contribution in [2.45, 2.75) is 33.1 Å². The maximum Gasteiger partial charge on any atom is 0.131 e. The first-order chi connectivity index (χ1) is 11.7. The molecular weight excluding hydrogens is 295 g/mol. The van der Waals surface area contributed by atoms with Crippen LogP contribution in [0.1, 0.15) is 31.4 Å². The molecule has 122 valence electrons. The van der Waals surface area contributed by atoms with Crippen molar-refractivity contribution in [2.24, 2.45) is 0 Å². The highest BCUT2D eigenvalue weighted by Crippen LogP contribution is 2.36. The van der Waals surface area contributed by atoms with Crippen molar-refractivity contribution in [2.75, 3.05) is 0 Å². The molecule has 0 saturated heterocycles. The molecule has 0 aromatic heterocycles. The maximum atomic E-state index is 14.4. The average molecular weight is 318 g/mol. The first-order valence-electron chi connectivity index (χ1n) is 8.70. The van der Waals surface area contributed by atoms with Crippen LogP contribution < -0.4 is 0 Å². The largest absolute Gasteiger partial charge is 0.206 e. The van der Waals surface area contributed by atoms with Gasteiger partial charge in [-0.25, -0.2) is 4.39 Å². The Balaban J connectivity index is 2.25. The van der Waals surface area contributed by atoms with Crippen molar-refractivity contribution in [1.29, 1.82) is 0 Å². The summed E-state index contributed by atoms with van der Waals surface area (Å²) in [5, 5.41) is 0. The van der Waals surface area contributed by atoms with Crippen LogP contribution in [0, 0.1) is 5.82 Å². The molecule has 0 bridgehead atoms. The molecule has 3 rings (SSSR count). The Morgan fingerprint density at radius 3 is 2.12 bits per heavy atom. The predicted molar refractivity (Wildman–Crippen MR) is 101 cm³/mol. The lowest BCUT2D eigenvalue weighted by Gasteiger charge is -2.16. The second kappa shape index (κ2) is 7.44. The molecule has 3 aromatic carbocycles. The van der Waals surface area contributed by atoms with E-state index in [-0.39, 0.29) is 5.82 Å². The van der Waals surface area contributed by atoms with Crippen LogP contribution in [0.25, 0.3) is 22.3 Å². The number of hydrogen-bond acceptors (Lipinski definition) is 0. The molecule has 24 heavy (non-hydrogen) atoms. The third-order valence-corrected chi connectivity index (χ3v) is 4.48. The molecule has 0 radical (unpaired) electrons. The molecule has 3 aromatic rings. The van der Waals surface area contributed by atoms with Crippen LogP contribution in [-0.2, 0) is 12.8 Å². The summed E-state index contributed by atoms with van der Waals surface area (Å²) in [5.74, 6) is -0.170. The first kappa shape index (κ1) is 16.4. The highest BCUT2D eigenvalue weighted by molar-refractivity contribution is 5.85. The summed E-state index contributed by atoms with van der Waals surface area (Å²) in [6, 6.07) is 21.9. The van der Waals surface area contributed by atoms with Crippen LogP contribution in [0.5, 0.6) is 0 Å². The van der Waals surface area contributed by atoms with Crippen LogP contribution in [0.15, 0.2) is 66.7 Å². The van der Waals surface area contributed by atoms with E-state index < -0.39 is 0 Å². The molecule has 0 amide bonds. The normalized spacial score (nSPS) is 10.8. The predicted octanol–water partition coefficient (Wildman–Crippen LogP) is 6.67. The Labute approximate surface area is 144 Å². The van der Waals surface area contributed by atoms with E-state index in [0.29, 0.717) is 5.56 Å². The molecular formula is C23H23F. The van der Waals surface area contributed by atoms with Gasteiger partial charge in [0.05, 0.1) is 0 Å². The zero-order chi connectivity index (χ0) is 16.9. The van der Waals surface area contributed by atoms with Gasteiger partial charge in [0.15, 0.2) is 0 Å². The first-order valence-corrected chi connectivity index (χ1v) is 8.70. The molecule has 0 aliphatic heterocycles. The highest BCUT2D eigenvalue weighted by Gasteiger charge is 2.13. The van der Waals surface area contributed by atoms with Crippen molar-refractivity contribution in [3.63, 3.8) is 0 Å². The summed E-state index contributed by atoms with van der Waals surface area (Å²) in [4.78, 5) is 0. The van der Waals surface area contributed by atoms with Gasteiger partial charge in [0.25, 0.3) is 0 Å². The SMILES string of the molecule is CCCc1ccc(-c2ccccc2F)c(-c2ccccc2CC)c1. The van der Waals surface area contributed by atoms with E-state index in [0.717, 1.165) is 30.4 Å². The summed E-state index contributed by atoms with van der Waals surface area (Å²) in [6.07, 6.45) is 3.11. The Kier molecular flexibility index (Phi) is 5.10. The Bertz CT molecular complexity index is 833. The Hall–Kier alpha value is -2.41. The second-order valence-electron chi connectivity index (χ2n) is 6.12. The monoisotopic (exact) mass is 318 g/mol. The van der Waals surface area contributed by atoms with Crippen molar-refractivity contribution in [1.82, 2.24) is 0 Å². The Morgan fingerprint density at radius 2 is 1.42 bits per heavy atom. The zero-order valence-electron chi connectivity index (χ0n) is 14.4. The lowest BCUT2D eigenvalue weighted by atomic mass is 9.89. The second-order valence-corrected chi connectivity index (χ2v) is 6.12. The van der Waals surface area contributed by atoms with Crippen LogP contribution in [0.4, 0.5) is 4.39 Å². The minimum Gasteiger partial charge on any atom is -0.206 e. The van der Waals surface area contributed by atoms with Crippen LogP contribution >= 0.6 is 0 Å². The molecule has 0 unspecified atom stereocenters. The molecule has 1 heteroatoms. The van der Waals surface area contributed by atoms with Crippen molar-refractivity contribution in [3.8, 4) is 22.3 Å². The van der Waals surface area contributed by atoms with Gasteiger partial charge < -0.3 is 0 Å². The van der Waals surface area contributed by atoms with Gasteiger partial charge in [-0.2, -0.15) is 0 Å². The maximum absolute atomic E-state index is 14.4. The van der Waals surface area contributed by atoms with Gasteiger partial charge in [-0.1, -0.05) is 80.9 Å².